The Labute approximate surface area is 263 Å². The maximum atomic E-state index is 14.0. The van der Waals surface area contributed by atoms with Crippen LogP contribution in [0, 0.1) is 11.8 Å². The Kier molecular flexibility index (Phi) is 10.8. The third kappa shape index (κ3) is 8.24. The summed E-state index contributed by atoms with van der Waals surface area (Å²) < 4.78 is 51.2. The van der Waals surface area contributed by atoms with Gasteiger partial charge >= 0.3 is 6.09 Å². The Morgan fingerprint density at radius 1 is 1.11 bits per heavy atom. The zero-order valence-corrected chi connectivity index (χ0v) is 26.0. The highest BCUT2D eigenvalue weighted by Gasteiger charge is 2.44. The molecule has 45 heavy (non-hydrogen) atoms. The van der Waals surface area contributed by atoms with Crippen molar-refractivity contribution in [2.45, 2.75) is 55.1 Å². The van der Waals surface area contributed by atoms with E-state index in [1.54, 1.807) is 29.2 Å². The second-order valence-electron chi connectivity index (χ2n) is 11.7. The number of phenolic OH excluding ortho intramolecular Hbond substituents is 1. The van der Waals surface area contributed by atoms with E-state index < -0.39 is 40.7 Å². The predicted octanol–water partition coefficient (Wildman–Crippen LogP) is 1.72. The number of methoxy groups -OCH3 is 1. The van der Waals surface area contributed by atoms with Crippen molar-refractivity contribution in [1.82, 2.24) is 14.5 Å². The van der Waals surface area contributed by atoms with Crippen LogP contribution in [-0.2, 0) is 35.4 Å². The number of aliphatic hydroxyl groups is 1. The number of benzene rings is 2. The number of carbonyl (C=O) groups excluding carboxylic acids is 2. The number of aliphatic hydroxyl groups excluding tert-OH is 1. The molecule has 0 bridgehead atoms. The first-order valence-corrected chi connectivity index (χ1v) is 16.6. The fraction of sp³-hybridized carbons (Fsp3) is 0.548. The van der Waals surface area contributed by atoms with Crippen molar-refractivity contribution in [2.75, 3.05) is 46.5 Å². The first-order chi connectivity index (χ1) is 21.7. The Bertz CT molecular complexity index is 1380. The molecule has 246 valence electrons. The van der Waals surface area contributed by atoms with Crippen LogP contribution in [0.5, 0.6) is 11.5 Å². The fourth-order valence-corrected chi connectivity index (χ4v) is 7.61. The number of likely N-dealkylation sites (tertiary alicyclic amines) is 1. The maximum Gasteiger partial charge on any atom is 0.407 e. The lowest BCUT2D eigenvalue weighted by Gasteiger charge is -2.35. The summed E-state index contributed by atoms with van der Waals surface area (Å²) in [6, 6.07) is 11.4. The van der Waals surface area contributed by atoms with E-state index in [1.165, 1.54) is 35.7 Å². The molecule has 5 atom stereocenters. The molecule has 0 unspecified atom stereocenters. The topological polar surface area (TPSA) is 164 Å². The summed E-state index contributed by atoms with van der Waals surface area (Å²) in [5.41, 5.74) is 0.705. The molecule has 3 aliphatic heterocycles. The molecule has 2 amide bonds. The van der Waals surface area contributed by atoms with Crippen molar-refractivity contribution in [3.05, 3.63) is 54.1 Å². The van der Waals surface area contributed by atoms with E-state index in [1.807, 2.05) is 0 Å². The number of nitrogens with zero attached hydrogens (tertiary/aromatic N) is 2. The van der Waals surface area contributed by atoms with Gasteiger partial charge in [0.05, 0.1) is 43.3 Å². The van der Waals surface area contributed by atoms with Gasteiger partial charge in [-0.15, -0.1) is 0 Å². The summed E-state index contributed by atoms with van der Waals surface area (Å²) in [4.78, 5) is 26.1. The van der Waals surface area contributed by atoms with Gasteiger partial charge in [0.15, 0.2) is 6.29 Å². The molecule has 0 saturated carbocycles. The highest BCUT2D eigenvalue weighted by atomic mass is 32.2. The van der Waals surface area contributed by atoms with E-state index in [9.17, 15) is 28.2 Å². The van der Waals surface area contributed by atoms with Gasteiger partial charge < -0.3 is 39.4 Å². The van der Waals surface area contributed by atoms with E-state index in [2.05, 4.69) is 5.32 Å². The third-order valence-electron chi connectivity index (χ3n) is 8.75. The monoisotopic (exact) mass is 647 g/mol. The van der Waals surface area contributed by atoms with Crippen LogP contribution in [0.4, 0.5) is 4.79 Å². The highest BCUT2D eigenvalue weighted by Crippen LogP contribution is 2.33. The number of piperidine rings is 1. The highest BCUT2D eigenvalue weighted by molar-refractivity contribution is 7.89. The molecule has 0 aromatic heterocycles. The van der Waals surface area contributed by atoms with Crippen LogP contribution in [0.15, 0.2) is 53.4 Å². The third-order valence-corrected chi connectivity index (χ3v) is 10.6. The summed E-state index contributed by atoms with van der Waals surface area (Å²) in [6.45, 7) is 1.56. The van der Waals surface area contributed by atoms with Gasteiger partial charge in [0.1, 0.15) is 17.6 Å². The lowest BCUT2D eigenvalue weighted by Crippen LogP contribution is -2.52. The van der Waals surface area contributed by atoms with Gasteiger partial charge in [-0.05, 0) is 73.6 Å². The van der Waals surface area contributed by atoms with Crippen LogP contribution in [0.25, 0.3) is 0 Å². The minimum atomic E-state index is -4.08. The van der Waals surface area contributed by atoms with E-state index in [0.717, 1.165) is 6.41 Å². The number of aromatic hydroxyl groups is 1. The number of hydrogen-bond donors (Lipinski definition) is 3. The number of carbonyl (C=O) groups is 2. The quantitative estimate of drug-likeness (QED) is 0.273. The van der Waals surface area contributed by atoms with Gasteiger partial charge in [0.25, 0.3) is 0 Å². The van der Waals surface area contributed by atoms with Gasteiger partial charge in [-0.2, -0.15) is 4.31 Å². The van der Waals surface area contributed by atoms with Crippen molar-refractivity contribution in [1.29, 1.82) is 0 Å². The lowest BCUT2D eigenvalue weighted by atomic mass is 9.96. The van der Waals surface area contributed by atoms with Crippen molar-refractivity contribution < 1.29 is 47.2 Å². The van der Waals surface area contributed by atoms with Crippen molar-refractivity contribution in [3.63, 3.8) is 0 Å². The van der Waals surface area contributed by atoms with Crippen LogP contribution >= 0.6 is 0 Å². The van der Waals surface area contributed by atoms with Gasteiger partial charge in [0, 0.05) is 26.2 Å². The van der Waals surface area contributed by atoms with E-state index in [0.29, 0.717) is 50.3 Å². The second-order valence-corrected chi connectivity index (χ2v) is 13.7. The van der Waals surface area contributed by atoms with Gasteiger partial charge in [-0.25, -0.2) is 13.2 Å². The second kappa shape index (κ2) is 14.8. The molecule has 2 aromatic rings. The first-order valence-electron chi connectivity index (χ1n) is 15.2. The number of alkyl carbamates (subject to hydrolysis) is 1. The molecule has 3 N–H and O–H groups in total. The molecular formula is C31H41N3O10S. The van der Waals surface area contributed by atoms with E-state index in [-0.39, 0.29) is 48.6 Å². The minimum absolute atomic E-state index is 0.0397. The van der Waals surface area contributed by atoms with Crippen molar-refractivity contribution in [3.8, 4) is 11.5 Å². The van der Waals surface area contributed by atoms with Crippen molar-refractivity contribution >= 4 is 22.5 Å². The molecule has 0 aliphatic carbocycles. The molecule has 3 heterocycles. The zero-order chi connectivity index (χ0) is 32.0. The smallest absolute Gasteiger partial charge is 0.407 e. The normalized spacial score (nSPS) is 23.4. The molecular weight excluding hydrogens is 606 g/mol. The maximum absolute atomic E-state index is 14.0. The SMILES string of the molecule is COc1ccc(S(=O)(=O)N(CC2CCN(C=O)CC2)C[C@@H](O)[C@H](Cc2ccc(O)cc2)NC(=O)O[C@H]2CO[C@H]3OCC[C@H]32)cc1. The number of sulfonamides is 1. The minimum Gasteiger partial charge on any atom is -0.508 e. The Morgan fingerprint density at radius 2 is 1.82 bits per heavy atom. The average molecular weight is 648 g/mol. The fourth-order valence-electron chi connectivity index (χ4n) is 6.07. The Morgan fingerprint density at radius 3 is 2.49 bits per heavy atom. The summed E-state index contributed by atoms with van der Waals surface area (Å²) in [5, 5.41) is 24.1. The largest absolute Gasteiger partial charge is 0.508 e. The molecule has 13 nitrogen and oxygen atoms in total. The zero-order valence-electron chi connectivity index (χ0n) is 25.2. The molecule has 2 aromatic carbocycles. The predicted molar refractivity (Wildman–Crippen MR) is 161 cm³/mol. The van der Waals surface area contributed by atoms with Gasteiger partial charge in [0.2, 0.25) is 16.4 Å². The Balaban J connectivity index is 1.35. The summed E-state index contributed by atoms with van der Waals surface area (Å²) in [7, 11) is -2.59. The van der Waals surface area contributed by atoms with Crippen LogP contribution in [0.1, 0.15) is 24.8 Å². The van der Waals surface area contributed by atoms with Gasteiger partial charge in [-0.3, -0.25) is 4.79 Å². The molecule has 14 heteroatoms. The molecule has 3 aliphatic rings. The number of amides is 2. The van der Waals surface area contributed by atoms with Gasteiger partial charge in [-0.1, -0.05) is 12.1 Å². The summed E-state index contributed by atoms with van der Waals surface area (Å²) >= 11 is 0. The van der Waals surface area contributed by atoms with Crippen LogP contribution in [0.2, 0.25) is 0 Å². The molecule has 0 spiro atoms. The van der Waals surface area contributed by atoms with E-state index in [4.69, 9.17) is 18.9 Å². The van der Waals surface area contributed by atoms with Crippen LogP contribution in [-0.4, -0.2) is 111 Å². The standard InChI is InChI=1S/C31H41N3O10S/c1-41-24-6-8-25(9-7-24)45(39,40)34(17-22-10-13-33(20-35)14-11-22)18-28(37)27(16-21-2-4-23(36)5-3-21)32-31(38)44-29-19-43-30-26(29)12-15-42-30/h2-9,20,22,26-30,36-37H,10-19H2,1H3,(H,32,38)/t26-,27-,28+,29-,30+/m0/s1. The molecule has 3 fully saturated rings. The number of phenols is 1. The summed E-state index contributed by atoms with van der Waals surface area (Å²) in [5.74, 6) is 0.447. The van der Waals surface area contributed by atoms with Crippen molar-refractivity contribution in [2.24, 2.45) is 11.8 Å². The molecule has 5 rings (SSSR count). The average Bonchev–Trinajstić information content (AvgIpc) is 3.67. The summed E-state index contributed by atoms with van der Waals surface area (Å²) in [6.07, 6.45) is -0.151. The lowest BCUT2D eigenvalue weighted by molar-refractivity contribution is -0.119. The number of nitrogens with one attached hydrogen (secondary N) is 1. The van der Waals surface area contributed by atoms with E-state index >= 15 is 0 Å². The molecule has 0 radical (unpaired) electrons. The number of rotatable bonds is 13. The Hall–Kier alpha value is -3.43. The number of hydrogen-bond acceptors (Lipinski definition) is 10. The first kappa shape index (κ1) is 32.9. The van der Waals surface area contributed by atoms with Crippen LogP contribution in [0.3, 0.4) is 0 Å². The van der Waals surface area contributed by atoms with Crippen LogP contribution < -0.4 is 10.1 Å². The number of fused-ring (bicyclic) bond motifs is 1. The number of ether oxygens (including phenoxy) is 4. The molecule has 3 saturated heterocycles.